The summed E-state index contributed by atoms with van der Waals surface area (Å²) in [4.78, 5) is 11.7. The molecular formula is C11H21ClN2O2. The minimum Gasteiger partial charge on any atom is -0.376 e. The molecular weight excluding hydrogens is 228 g/mol. The van der Waals surface area contributed by atoms with Gasteiger partial charge in [0.25, 0.3) is 0 Å². The highest BCUT2D eigenvalue weighted by atomic mass is 35.5. The van der Waals surface area contributed by atoms with E-state index in [2.05, 4.69) is 10.6 Å². The van der Waals surface area contributed by atoms with Crippen LogP contribution in [-0.4, -0.2) is 37.2 Å². The van der Waals surface area contributed by atoms with Crippen LogP contribution in [0.4, 0.5) is 0 Å². The van der Waals surface area contributed by atoms with Crippen molar-refractivity contribution in [2.45, 2.75) is 50.8 Å². The molecule has 2 N–H and O–H groups in total. The lowest BCUT2D eigenvalue weighted by Gasteiger charge is -2.17. The maximum absolute atomic E-state index is 11.7. The molecule has 1 amide bonds. The molecule has 2 heterocycles. The molecule has 4 nitrogen and oxygen atoms in total. The van der Waals surface area contributed by atoms with Gasteiger partial charge in [-0.15, -0.1) is 12.4 Å². The number of amides is 1. The Morgan fingerprint density at radius 2 is 2.31 bits per heavy atom. The minimum atomic E-state index is 0. The van der Waals surface area contributed by atoms with Crippen LogP contribution in [0.25, 0.3) is 0 Å². The van der Waals surface area contributed by atoms with Gasteiger partial charge in [0.05, 0.1) is 12.1 Å². The van der Waals surface area contributed by atoms with E-state index in [0.29, 0.717) is 12.5 Å². The highest BCUT2D eigenvalue weighted by Gasteiger charge is 2.26. The summed E-state index contributed by atoms with van der Waals surface area (Å²) in [7, 11) is 0. The zero-order chi connectivity index (χ0) is 10.7. The van der Waals surface area contributed by atoms with Gasteiger partial charge < -0.3 is 15.4 Å². The highest BCUT2D eigenvalue weighted by molar-refractivity contribution is 5.85. The van der Waals surface area contributed by atoms with Crippen LogP contribution in [-0.2, 0) is 9.53 Å². The second kappa shape index (κ2) is 6.42. The first-order valence-electron chi connectivity index (χ1n) is 5.90. The first-order valence-corrected chi connectivity index (χ1v) is 5.90. The first kappa shape index (κ1) is 13.7. The van der Waals surface area contributed by atoms with Gasteiger partial charge in [0.2, 0.25) is 5.91 Å². The third-order valence-corrected chi connectivity index (χ3v) is 3.32. The van der Waals surface area contributed by atoms with Crippen molar-refractivity contribution < 1.29 is 9.53 Å². The lowest BCUT2D eigenvalue weighted by Crippen LogP contribution is -2.41. The van der Waals surface area contributed by atoms with Gasteiger partial charge in [-0.25, -0.2) is 0 Å². The Morgan fingerprint density at radius 1 is 1.50 bits per heavy atom. The van der Waals surface area contributed by atoms with Crippen molar-refractivity contribution in [2.24, 2.45) is 0 Å². The predicted octanol–water partition coefficient (Wildman–Crippen LogP) is 0.844. The van der Waals surface area contributed by atoms with Crippen LogP contribution in [0, 0.1) is 0 Å². The number of carbonyl (C=O) groups excluding carboxylic acids is 1. The molecule has 2 rings (SSSR count). The van der Waals surface area contributed by atoms with Crippen LogP contribution in [0.15, 0.2) is 0 Å². The topological polar surface area (TPSA) is 50.4 Å². The van der Waals surface area contributed by atoms with E-state index in [-0.39, 0.29) is 30.5 Å². The lowest BCUT2D eigenvalue weighted by atomic mass is 10.1. The Kier molecular flexibility index (Phi) is 5.52. The molecule has 0 aliphatic carbocycles. The van der Waals surface area contributed by atoms with Crippen molar-refractivity contribution in [2.75, 3.05) is 13.2 Å². The van der Waals surface area contributed by atoms with Crippen molar-refractivity contribution in [3.8, 4) is 0 Å². The number of carbonyl (C=O) groups is 1. The van der Waals surface area contributed by atoms with Gasteiger partial charge in [-0.05, 0) is 32.7 Å². The molecule has 0 aromatic heterocycles. The number of nitrogens with one attached hydrogen (secondary N) is 2. The molecule has 0 saturated carbocycles. The zero-order valence-corrected chi connectivity index (χ0v) is 10.5. The summed E-state index contributed by atoms with van der Waals surface area (Å²) in [5.74, 6) is 0.164. The van der Waals surface area contributed by atoms with Gasteiger partial charge >= 0.3 is 0 Å². The molecule has 94 valence electrons. The van der Waals surface area contributed by atoms with Crippen molar-refractivity contribution in [3.63, 3.8) is 0 Å². The van der Waals surface area contributed by atoms with E-state index < -0.39 is 0 Å². The molecule has 2 aliphatic rings. The molecule has 16 heavy (non-hydrogen) atoms. The Hall–Kier alpha value is -0.320. The fourth-order valence-corrected chi connectivity index (χ4v) is 2.34. The molecule has 0 radical (unpaired) electrons. The largest absolute Gasteiger partial charge is 0.376 e. The lowest BCUT2D eigenvalue weighted by molar-refractivity contribution is -0.122. The predicted molar refractivity (Wildman–Crippen MR) is 64.9 cm³/mol. The highest BCUT2D eigenvalue weighted by Crippen LogP contribution is 2.14. The van der Waals surface area contributed by atoms with E-state index in [9.17, 15) is 4.79 Å². The van der Waals surface area contributed by atoms with Crippen molar-refractivity contribution in [1.29, 1.82) is 0 Å². The quantitative estimate of drug-likeness (QED) is 0.779. The van der Waals surface area contributed by atoms with E-state index in [1.54, 1.807) is 0 Å². The maximum atomic E-state index is 11.7. The van der Waals surface area contributed by atoms with E-state index >= 15 is 0 Å². The molecule has 2 saturated heterocycles. The molecule has 5 heteroatoms. The van der Waals surface area contributed by atoms with Gasteiger partial charge in [-0.2, -0.15) is 0 Å². The van der Waals surface area contributed by atoms with E-state index in [4.69, 9.17) is 4.74 Å². The third-order valence-electron chi connectivity index (χ3n) is 3.32. The van der Waals surface area contributed by atoms with Gasteiger partial charge in [-0.1, -0.05) is 0 Å². The first-order chi connectivity index (χ1) is 7.25. The minimum absolute atomic E-state index is 0. The van der Waals surface area contributed by atoms with Crippen molar-refractivity contribution in [3.05, 3.63) is 0 Å². The van der Waals surface area contributed by atoms with Gasteiger partial charge in [-0.3, -0.25) is 4.79 Å². The van der Waals surface area contributed by atoms with Crippen LogP contribution in [0.2, 0.25) is 0 Å². The second-order valence-corrected chi connectivity index (χ2v) is 4.54. The number of rotatable bonds is 3. The number of halogens is 1. The molecule has 0 bridgehead atoms. The standard InChI is InChI=1S/C11H20N2O2.ClH/c1-8-10(4-6-15-8)13-11(14)7-9-3-2-5-12-9;/h8-10,12H,2-7H2,1H3,(H,13,14);1H. The summed E-state index contributed by atoms with van der Waals surface area (Å²) in [6.45, 7) is 3.85. The summed E-state index contributed by atoms with van der Waals surface area (Å²) >= 11 is 0. The summed E-state index contributed by atoms with van der Waals surface area (Å²) in [5, 5.41) is 6.38. The summed E-state index contributed by atoms with van der Waals surface area (Å²) in [5.41, 5.74) is 0. The van der Waals surface area contributed by atoms with Gasteiger partial charge in [0.15, 0.2) is 0 Å². The Balaban J connectivity index is 0.00000128. The average Bonchev–Trinajstić information content (AvgIpc) is 2.79. The van der Waals surface area contributed by atoms with E-state index in [1.807, 2.05) is 6.92 Å². The normalized spacial score (nSPS) is 33.4. The van der Waals surface area contributed by atoms with Crippen molar-refractivity contribution >= 4 is 18.3 Å². The fraction of sp³-hybridized carbons (Fsp3) is 0.909. The van der Waals surface area contributed by atoms with E-state index in [0.717, 1.165) is 26.0 Å². The van der Waals surface area contributed by atoms with Crippen LogP contribution in [0.1, 0.15) is 32.6 Å². The van der Waals surface area contributed by atoms with Gasteiger partial charge in [0, 0.05) is 19.1 Å². The molecule has 0 aromatic rings. The molecule has 0 spiro atoms. The smallest absolute Gasteiger partial charge is 0.221 e. The van der Waals surface area contributed by atoms with Crippen LogP contribution in [0.3, 0.4) is 0 Å². The zero-order valence-electron chi connectivity index (χ0n) is 9.70. The average molecular weight is 249 g/mol. The number of hydrogen-bond acceptors (Lipinski definition) is 3. The summed E-state index contributed by atoms with van der Waals surface area (Å²) < 4.78 is 5.41. The number of ether oxygens (including phenoxy) is 1. The number of hydrogen-bond donors (Lipinski definition) is 2. The summed E-state index contributed by atoms with van der Waals surface area (Å²) in [6, 6.07) is 0.613. The van der Waals surface area contributed by atoms with Crippen LogP contribution in [0.5, 0.6) is 0 Å². The molecule has 2 aliphatic heterocycles. The van der Waals surface area contributed by atoms with Gasteiger partial charge in [0.1, 0.15) is 0 Å². The molecule has 0 aromatic carbocycles. The third kappa shape index (κ3) is 3.61. The maximum Gasteiger partial charge on any atom is 0.221 e. The second-order valence-electron chi connectivity index (χ2n) is 4.54. The summed E-state index contributed by atoms with van der Waals surface area (Å²) in [6.07, 6.45) is 4.06. The monoisotopic (exact) mass is 248 g/mol. The molecule has 3 unspecified atom stereocenters. The molecule has 2 fully saturated rings. The van der Waals surface area contributed by atoms with Crippen molar-refractivity contribution in [1.82, 2.24) is 10.6 Å². The van der Waals surface area contributed by atoms with Crippen LogP contribution >= 0.6 is 12.4 Å². The van der Waals surface area contributed by atoms with Crippen LogP contribution < -0.4 is 10.6 Å². The Labute approximate surface area is 103 Å². The Morgan fingerprint density at radius 3 is 2.88 bits per heavy atom. The Bertz CT molecular complexity index is 232. The fourth-order valence-electron chi connectivity index (χ4n) is 2.34. The van der Waals surface area contributed by atoms with E-state index in [1.165, 1.54) is 6.42 Å². The SMILES string of the molecule is CC1OCCC1NC(=O)CC1CCCN1.Cl. The molecule has 3 atom stereocenters.